The summed E-state index contributed by atoms with van der Waals surface area (Å²) in [6, 6.07) is 0.443. The third kappa shape index (κ3) is 5.38. The molecule has 1 spiro atoms. The number of aliphatic hydroxyl groups excluding tert-OH is 1. The second-order valence-electron chi connectivity index (χ2n) is 13.7. The van der Waals surface area contributed by atoms with E-state index in [2.05, 4.69) is 52.3 Å². The molecular formula is C27H50BrNO4Si. The quantitative estimate of drug-likeness (QED) is 0.319. The summed E-state index contributed by atoms with van der Waals surface area (Å²) >= 11 is 0. The Morgan fingerprint density at radius 3 is 2.35 bits per heavy atom. The molecule has 0 unspecified atom stereocenters. The van der Waals surface area contributed by atoms with Gasteiger partial charge in [0.2, 0.25) is 0 Å². The molecule has 0 radical (unpaired) electrons. The summed E-state index contributed by atoms with van der Waals surface area (Å²) in [7, 11) is -2.02. The summed E-state index contributed by atoms with van der Waals surface area (Å²) in [6.45, 7) is 23.3. The molecule has 0 aromatic rings. The number of halogens is 1. The predicted octanol–water partition coefficient (Wildman–Crippen LogP) is 2.40. The summed E-state index contributed by atoms with van der Waals surface area (Å²) < 4.78 is 15.5. The monoisotopic (exact) mass is 559 g/mol. The fraction of sp³-hybridized carbons (Fsp3) is 0.926. The maximum absolute atomic E-state index is 12.5. The molecule has 0 aromatic heterocycles. The number of hydrogen-bond acceptors (Lipinski definition) is 4. The van der Waals surface area contributed by atoms with Crippen LogP contribution in [0, 0.1) is 22.7 Å². The highest BCUT2D eigenvalue weighted by Gasteiger charge is 2.65. The smallest absolute Gasteiger partial charge is 0.311 e. The van der Waals surface area contributed by atoms with Crippen molar-refractivity contribution < 1.29 is 40.6 Å². The van der Waals surface area contributed by atoms with E-state index in [4.69, 9.17) is 9.16 Å². The number of carbonyl (C=O) groups excluding carboxylic acids is 1. The van der Waals surface area contributed by atoms with Crippen molar-refractivity contribution in [3.05, 3.63) is 0 Å². The maximum Gasteiger partial charge on any atom is 0.311 e. The number of rotatable bonds is 5. The average molecular weight is 561 g/mol. The highest BCUT2D eigenvalue weighted by molar-refractivity contribution is 6.74. The minimum absolute atomic E-state index is 0. The minimum atomic E-state index is -2.02. The zero-order valence-electron chi connectivity index (χ0n) is 23.3. The Morgan fingerprint density at radius 1 is 1.18 bits per heavy atom. The van der Waals surface area contributed by atoms with Gasteiger partial charge in [0.15, 0.2) is 20.1 Å². The summed E-state index contributed by atoms with van der Waals surface area (Å²) in [5.41, 5.74) is 0.682. The van der Waals surface area contributed by atoms with E-state index >= 15 is 0 Å². The van der Waals surface area contributed by atoms with Crippen LogP contribution in [0.3, 0.4) is 0 Å². The molecule has 1 saturated carbocycles. The van der Waals surface area contributed by atoms with Crippen LogP contribution in [-0.2, 0) is 14.0 Å². The van der Waals surface area contributed by atoms with Gasteiger partial charge in [-0.1, -0.05) is 27.7 Å². The standard InChI is InChI=1S/C27H50NO4Si.BrH/c1-18-16-22(29)27(17-19(2)28-14-11-12-21(27)28)20(13-15-31-24(30)25(3,4)5)23(18)32-33(9,10)26(6,7)8;/h18-20,22-23,29H,11-17H2,1-10H3;1H/q+1;/p-1/t18-,19-,20+,22-,23-,27-;/m0./s1. The molecule has 0 saturated heterocycles. The van der Waals surface area contributed by atoms with E-state index in [1.165, 1.54) is 12.1 Å². The van der Waals surface area contributed by atoms with Gasteiger partial charge in [0.1, 0.15) is 6.54 Å². The molecule has 1 fully saturated rings. The fourth-order valence-corrected chi connectivity index (χ4v) is 7.79. The number of carbonyl (C=O) groups is 1. The van der Waals surface area contributed by atoms with Crippen LogP contribution in [-0.4, -0.2) is 61.1 Å². The lowest BCUT2D eigenvalue weighted by atomic mass is 9.56. The predicted molar refractivity (Wildman–Crippen MR) is 136 cm³/mol. The zero-order valence-corrected chi connectivity index (χ0v) is 25.9. The second-order valence-corrected chi connectivity index (χ2v) is 18.4. The summed E-state index contributed by atoms with van der Waals surface area (Å²) in [5.74, 6) is 0.269. The van der Waals surface area contributed by atoms with Crippen molar-refractivity contribution >= 4 is 20.0 Å². The summed E-state index contributed by atoms with van der Waals surface area (Å²) in [5, 5.41) is 11.8. The Morgan fingerprint density at radius 2 is 1.79 bits per heavy atom. The lowest BCUT2D eigenvalue weighted by Crippen LogP contribution is -3.00. The van der Waals surface area contributed by atoms with E-state index in [1.807, 2.05) is 20.8 Å². The maximum atomic E-state index is 12.5. The van der Waals surface area contributed by atoms with Gasteiger partial charge in [-0.3, -0.25) is 4.79 Å². The van der Waals surface area contributed by atoms with E-state index in [0.29, 0.717) is 12.6 Å². The van der Waals surface area contributed by atoms with Crippen molar-refractivity contribution in [3.63, 3.8) is 0 Å². The van der Waals surface area contributed by atoms with Crippen LogP contribution >= 0.6 is 0 Å². The SMILES string of the molecule is C[C@H]1C[C@H](O)[C@@]2(C[C@H](C)[N+]3=C2CCC3)[C@H](CCOC(=O)C(C)(C)C)[C@H]1O[Si](C)(C)C(C)(C)C.[Br-]. The van der Waals surface area contributed by atoms with Crippen molar-refractivity contribution in [1.82, 2.24) is 0 Å². The normalized spacial score (nSPS) is 34.3. The first-order valence-electron chi connectivity index (χ1n) is 13.2. The summed E-state index contributed by atoms with van der Waals surface area (Å²) in [4.78, 5) is 12.5. The van der Waals surface area contributed by atoms with Gasteiger partial charge in [-0.25, -0.2) is 4.58 Å². The van der Waals surface area contributed by atoms with Crippen molar-refractivity contribution in [2.24, 2.45) is 22.7 Å². The molecule has 2 aliphatic heterocycles. The van der Waals surface area contributed by atoms with Crippen molar-refractivity contribution in [3.8, 4) is 0 Å². The molecule has 5 nitrogen and oxygen atoms in total. The molecular weight excluding hydrogens is 510 g/mol. The highest BCUT2D eigenvalue weighted by atomic mass is 79.9. The number of fused-ring (bicyclic) bond motifs is 1. The van der Waals surface area contributed by atoms with Crippen LogP contribution in [0.4, 0.5) is 0 Å². The van der Waals surface area contributed by atoms with Crippen molar-refractivity contribution in [1.29, 1.82) is 0 Å². The fourth-order valence-electron chi connectivity index (χ4n) is 6.36. The number of nitrogens with zero attached hydrogens (tertiary/aromatic N) is 1. The van der Waals surface area contributed by atoms with Gasteiger partial charge in [0.25, 0.3) is 0 Å². The molecule has 7 heteroatoms. The molecule has 3 aliphatic rings. The highest BCUT2D eigenvalue weighted by Crippen LogP contribution is 2.56. The molecule has 0 amide bonds. The van der Waals surface area contributed by atoms with E-state index in [0.717, 1.165) is 32.2 Å². The molecule has 2 heterocycles. The molecule has 3 rings (SSSR count). The molecule has 6 atom stereocenters. The molecule has 34 heavy (non-hydrogen) atoms. The first-order valence-corrected chi connectivity index (χ1v) is 16.1. The number of esters is 1. The van der Waals surface area contributed by atoms with Gasteiger partial charge < -0.3 is 31.3 Å². The lowest BCUT2D eigenvalue weighted by molar-refractivity contribution is -0.547. The van der Waals surface area contributed by atoms with E-state index < -0.39 is 13.7 Å². The van der Waals surface area contributed by atoms with E-state index in [-0.39, 0.29) is 57.4 Å². The van der Waals surface area contributed by atoms with Gasteiger partial charge in [0, 0.05) is 25.2 Å². The van der Waals surface area contributed by atoms with Crippen LogP contribution in [0.1, 0.15) is 87.5 Å². The molecule has 1 aliphatic carbocycles. The first-order chi connectivity index (χ1) is 15.0. The zero-order chi connectivity index (χ0) is 25.0. The topological polar surface area (TPSA) is 58.8 Å². The first kappa shape index (κ1) is 30.0. The molecule has 0 bridgehead atoms. The van der Waals surface area contributed by atoms with Crippen LogP contribution in [0.25, 0.3) is 0 Å². The van der Waals surface area contributed by atoms with Crippen LogP contribution < -0.4 is 17.0 Å². The van der Waals surface area contributed by atoms with Gasteiger partial charge in [0.05, 0.1) is 29.6 Å². The Kier molecular flexibility index (Phi) is 9.04. The van der Waals surface area contributed by atoms with Crippen LogP contribution in [0.2, 0.25) is 18.1 Å². The van der Waals surface area contributed by atoms with Gasteiger partial charge in [-0.15, -0.1) is 0 Å². The number of ether oxygens (including phenoxy) is 1. The van der Waals surface area contributed by atoms with Crippen LogP contribution in [0.5, 0.6) is 0 Å². The average Bonchev–Trinajstić information content (AvgIpc) is 3.24. The molecule has 198 valence electrons. The minimum Gasteiger partial charge on any atom is -1.00 e. The Balaban J connectivity index is 0.00000408. The second kappa shape index (κ2) is 10.3. The largest absolute Gasteiger partial charge is 1.00 e. The van der Waals surface area contributed by atoms with E-state index in [9.17, 15) is 9.90 Å². The molecule has 0 aromatic carbocycles. The van der Waals surface area contributed by atoms with Crippen molar-refractivity contribution in [2.45, 2.75) is 124 Å². The Bertz CT molecular complexity index is 784. The molecule has 1 N–H and O–H groups in total. The third-order valence-electron chi connectivity index (χ3n) is 9.18. The van der Waals surface area contributed by atoms with Crippen LogP contribution in [0.15, 0.2) is 0 Å². The Hall–Kier alpha value is -0.243. The number of aliphatic hydroxyl groups is 1. The number of hydrogen-bond donors (Lipinski definition) is 1. The van der Waals surface area contributed by atoms with E-state index in [1.54, 1.807) is 0 Å². The third-order valence-corrected chi connectivity index (χ3v) is 13.7. The van der Waals surface area contributed by atoms with Gasteiger partial charge in [-0.2, -0.15) is 0 Å². The lowest BCUT2D eigenvalue weighted by Gasteiger charge is -2.53. The Labute approximate surface area is 220 Å². The summed E-state index contributed by atoms with van der Waals surface area (Å²) in [6.07, 6.45) is 4.45. The van der Waals surface area contributed by atoms with Gasteiger partial charge in [-0.05, 0) is 64.6 Å². The van der Waals surface area contributed by atoms with Crippen molar-refractivity contribution in [2.75, 3.05) is 13.2 Å². The van der Waals surface area contributed by atoms with Gasteiger partial charge >= 0.3 is 5.97 Å².